The molecule has 9 heteroatoms. The molecule has 1 aliphatic rings. The highest BCUT2D eigenvalue weighted by Gasteiger charge is 2.44. The molecule has 402 valence electrons. The zero-order chi connectivity index (χ0) is 50.8. The number of nitrogens with one attached hydrogen (secondary N) is 1. The average Bonchev–Trinajstić information content (AvgIpc) is 3.36. The van der Waals surface area contributed by atoms with Crippen molar-refractivity contribution in [2.45, 2.75) is 269 Å². The largest absolute Gasteiger partial charge is 0.394 e. The Morgan fingerprint density at radius 2 is 0.900 bits per heavy atom. The van der Waals surface area contributed by atoms with E-state index in [9.17, 15) is 30.3 Å². The van der Waals surface area contributed by atoms with Crippen LogP contribution >= 0.6 is 0 Å². The zero-order valence-corrected chi connectivity index (χ0v) is 44.5. The maximum atomic E-state index is 13.1. The molecule has 7 atom stereocenters. The van der Waals surface area contributed by atoms with Crippen LogP contribution in [0.2, 0.25) is 0 Å². The minimum Gasteiger partial charge on any atom is -0.394 e. The van der Waals surface area contributed by atoms with Crippen molar-refractivity contribution in [2.24, 2.45) is 0 Å². The van der Waals surface area contributed by atoms with Gasteiger partial charge in [-0.3, -0.25) is 4.79 Å². The Labute approximate surface area is 428 Å². The van der Waals surface area contributed by atoms with Crippen LogP contribution in [0.15, 0.2) is 97.2 Å². The molecule has 1 fully saturated rings. The number of carbonyl (C=O) groups is 1. The SMILES string of the molecule is CC/C=C\C/C=C\C/C=C\C/C=C\C/C=C\CCCCCCCCCCCC(=O)NC(COC1OC(CO)C(O)C(O)C1O)C(O)/C=C/CC/C=C/CC/C=C/CCCCCCCCCCCCCC. The van der Waals surface area contributed by atoms with E-state index in [1.807, 2.05) is 6.08 Å². The molecule has 9 nitrogen and oxygen atoms in total. The van der Waals surface area contributed by atoms with Crippen LogP contribution in [0, 0.1) is 0 Å². The fourth-order valence-electron chi connectivity index (χ4n) is 8.39. The minimum atomic E-state index is -1.58. The molecule has 0 radical (unpaired) electrons. The number of aliphatic hydroxyl groups excluding tert-OH is 5. The van der Waals surface area contributed by atoms with Gasteiger partial charge in [-0.2, -0.15) is 0 Å². The molecule has 0 spiro atoms. The summed E-state index contributed by atoms with van der Waals surface area (Å²) in [6.07, 6.45) is 64.6. The van der Waals surface area contributed by atoms with Crippen LogP contribution in [0.1, 0.15) is 226 Å². The van der Waals surface area contributed by atoms with Crippen LogP contribution < -0.4 is 5.32 Å². The smallest absolute Gasteiger partial charge is 0.220 e. The van der Waals surface area contributed by atoms with Gasteiger partial charge in [-0.1, -0.05) is 227 Å². The molecule has 1 amide bonds. The van der Waals surface area contributed by atoms with E-state index < -0.39 is 49.5 Å². The number of allylic oxidation sites excluding steroid dienone is 15. The van der Waals surface area contributed by atoms with E-state index in [1.54, 1.807) is 6.08 Å². The molecule has 0 bridgehead atoms. The van der Waals surface area contributed by atoms with E-state index >= 15 is 0 Å². The lowest BCUT2D eigenvalue weighted by Crippen LogP contribution is -2.60. The Kier molecular flexibility index (Phi) is 46.2. The van der Waals surface area contributed by atoms with E-state index in [1.165, 1.54) is 109 Å². The molecule has 70 heavy (non-hydrogen) atoms. The van der Waals surface area contributed by atoms with Gasteiger partial charge >= 0.3 is 0 Å². The molecule has 0 aromatic heterocycles. The molecule has 0 aliphatic carbocycles. The maximum absolute atomic E-state index is 13.1. The second-order valence-corrected chi connectivity index (χ2v) is 19.3. The van der Waals surface area contributed by atoms with Gasteiger partial charge < -0.3 is 40.3 Å². The normalized spacial score (nSPS) is 20.1. The van der Waals surface area contributed by atoms with Crippen molar-refractivity contribution in [1.29, 1.82) is 0 Å². The lowest BCUT2D eigenvalue weighted by molar-refractivity contribution is -0.302. The van der Waals surface area contributed by atoms with Crippen LogP contribution in [-0.4, -0.2) is 87.5 Å². The van der Waals surface area contributed by atoms with Gasteiger partial charge in [0.2, 0.25) is 5.91 Å². The minimum absolute atomic E-state index is 0.201. The highest BCUT2D eigenvalue weighted by atomic mass is 16.7. The van der Waals surface area contributed by atoms with E-state index in [4.69, 9.17) is 9.47 Å². The third-order valence-electron chi connectivity index (χ3n) is 12.9. The van der Waals surface area contributed by atoms with Gasteiger partial charge in [0.05, 0.1) is 25.4 Å². The first-order valence-corrected chi connectivity index (χ1v) is 28.5. The molecule has 7 unspecified atom stereocenters. The predicted octanol–water partition coefficient (Wildman–Crippen LogP) is 14.0. The Bertz CT molecular complexity index is 1420. The van der Waals surface area contributed by atoms with E-state index in [2.05, 4.69) is 104 Å². The van der Waals surface area contributed by atoms with E-state index in [-0.39, 0.29) is 12.5 Å². The van der Waals surface area contributed by atoms with Gasteiger partial charge in [-0.15, -0.1) is 0 Å². The van der Waals surface area contributed by atoms with Gasteiger partial charge in [-0.25, -0.2) is 0 Å². The molecule has 6 N–H and O–H groups in total. The molecule has 1 saturated heterocycles. The molecule has 1 rings (SSSR count). The molecule has 0 aromatic carbocycles. The number of ether oxygens (including phenoxy) is 2. The zero-order valence-electron chi connectivity index (χ0n) is 44.5. The van der Waals surface area contributed by atoms with Crippen molar-refractivity contribution in [3.05, 3.63) is 97.2 Å². The summed E-state index contributed by atoms with van der Waals surface area (Å²) < 4.78 is 11.2. The Hall–Kier alpha value is -2.89. The fraction of sp³-hybridized carbons (Fsp3) is 0.721. The van der Waals surface area contributed by atoms with E-state index in [0.717, 1.165) is 96.3 Å². The highest BCUT2D eigenvalue weighted by molar-refractivity contribution is 5.76. The number of carbonyl (C=O) groups excluding carboxylic acids is 1. The van der Waals surface area contributed by atoms with Gasteiger partial charge in [0, 0.05) is 6.42 Å². The van der Waals surface area contributed by atoms with Gasteiger partial charge in [0.25, 0.3) is 0 Å². The highest BCUT2D eigenvalue weighted by Crippen LogP contribution is 2.23. The Balaban J connectivity index is 2.29. The van der Waals surface area contributed by atoms with Crippen LogP contribution in [0.4, 0.5) is 0 Å². The third kappa shape index (κ3) is 38.7. The van der Waals surface area contributed by atoms with Crippen molar-refractivity contribution in [3.63, 3.8) is 0 Å². The summed E-state index contributed by atoms with van der Waals surface area (Å²) in [5.41, 5.74) is 0. The van der Waals surface area contributed by atoms with Crippen LogP contribution in [0.5, 0.6) is 0 Å². The van der Waals surface area contributed by atoms with Crippen molar-refractivity contribution in [1.82, 2.24) is 5.32 Å². The molecule has 0 saturated carbocycles. The lowest BCUT2D eigenvalue weighted by Gasteiger charge is -2.40. The van der Waals surface area contributed by atoms with Crippen molar-refractivity contribution in [2.75, 3.05) is 13.2 Å². The average molecular weight is 981 g/mol. The Morgan fingerprint density at radius 3 is 1.37 bits per heavy atom. The monoisotopic (exact) mass is 980 g/mol. The summed E-state index contributed by atoms with van der Waals surface area (Å²) in [5.74, 6) is -0.201. The van der Waals surface area contributed by atoms with Gasteiger partial charge in [-0.05, 0) is 89.9 Å². The number of rotatable bonds is 47. The van der Waals surface area contributed by atoms with E-state index in [0.29, 0.717) is 6.42 Å². The number of unbranched alkanes of at least 4 members (excludes halogenated alkanes) is 23. The van der Waals surface area contributed by atoms with Crippen LogP contribution in [-0.2, 0) is 14.3 Å². The summed E-state index contributed by atoms with van der Waals surface area (Å²) in [7, 11) is 0. The topological polar surface area (TPSA) is 149 Å². The quantitative estimate of drug-likeness (QED) is 0.0261. The van der Waals surface area contributed by atoms with Crippen LogP contribution in [0.3, 0.4) is 0 Å². The first kappa shape index (κ1) is 65.1. The van der Waals surface area contributed by atoms with Crippen molar-refractivity contribution < 1.29 is 39.8 Å². The molecule has 1 heterocycles. The second-order valence-electron chi connectivity index (χ2n) is 19.3. The summed E-state index contributed by atoms with van der Waals surface area (Å²) in [6, 6.07) is -0.839. The molecule has 1 aliphatic heterocycles. The first-order chi connectivity index (χ1) is 34.3. The number of amides is 1. The van der Waals surface area contributed by atoms with Gasteiger partial charge in [0.1, 0.15) is 24.4 Å². The third-order valence-corrected chi connectivity index (χ3v) is 12.9. The summed E-state index contributed by atoms with van der Waals surface area (Å²) >= 11 is 0. The summed E-state index contributed by atoms with van der Waals surface area (Å²) in [6.45, 7) is 3.64. The summed E-state index contributed by atoms with van der Waals surface area (Å²) in [5, 5.41) is 54.5. The Morgan fingerprint density at radius 1 is 0.500 bits per heavy atom. The molecular weight excluding hydrogens is 875 g/mol. The second kappa shape index (κ2) is 49.7. The van der Waals surface area contributed by atoms with Crippen molar-refractivity contribution in [3.8, 4) is 0 Å². The predicted molar refractivity (Wildman–Crippen MR) is 294 cm³/mol. The van der Waals surface area contributed by atoms with Crippen molar-refractivity contribution >= 4 is 5.91 Å². The summed E-state index contributed by atoms with van der Waals surface area (Å²) in [4.78, 5) is 13.1. The van der Waals surface area contributed by atoms with Crippen LogP contribution in [0.25, 0.3) is 0 Å². The molecule has 0 aromatic rings. The number of aliphatic hydroxyl groups is 5. The lowest BCUT2D eigenvalue weighted by atomic mass is 9.99. The maximum Gasteiger partial charge on any atom is 0.220 e. The molecular formula is C61H105NO8. The number of hydrogen-bond acceptors (Lipinski definition) is 8. The number of hydrogen-bond donors (Lipinski definition) is 6. The fourth-order valence-corrected chi connectivity index (χ4v) is 8.39. The standard InChI is InChI=1S/C61H105NO8/c1-3-5-7-9-11-13-15-17-19-21-23-25-27-28-29-31-33-35-37-39-41-43-45-47-49-51-57(65)62-54(53-69-61-60(68)59(67)58(66)56(52-63)70-61)55(64)50-48-46-44-42-40-38-36-34-32-30-26-24-22-20-18-16-14-12-10-8-6-4-2/h5,7,11,13,17,19,23,25,28-29,32,34,40,42,48,50,54-56,58-61,63-64,66-68H,3-4,6,8-10,12,14-16,18,20-22,24,26-27,30-31,33,35-39,41,43-47,49,51-53H2,1-2H3,(H,62,65)/b7-5-,13-11-,19-17-,25-23-,29-28-,34-32+,42-40+,50-48+. The first-order valence-electron chi connectivity index (χ1n) is 28.5. The van der Waals surface area contributed by atoms with Gasteiger partial charge in [0.15, 0.2) is 6.29 Å².